The summed E-state index contributed by atoms with van der Waals surface area (Å²) in [4.78, 5) is 11.9. The van der Waals surface area contributed by atoms with Crippen molar-refractivity contribution >= 4 is 5.91 Å². The molecule has 0 heterocycles. The average Bonchev–Trinajstić information content (AvgIpc) is 2.52. The number of benzene rings is 1. The van der Waals surface area contributed by atoms with Crippen molar-refractivity contribution in [3.8, 4) is 5.75 Å². The first kappa shape index (κ1) is 20.5. The molecule has 0 aliphatic carbocycles. The maximum atomic E-state index is 11.9. The molecular weight excluding hydrogens is 304 g/mol. The van der Waals surface area contributed by atoms with Crippen molar-refractivity contribution in [3.63, 3.8) is 0 Å². The molecule has 0 spiro atoms. The summed E-state index contributed by atoms with van der Waals surface area (Å²) in [7, 11) is 0. The molecule has 136 valence electrons. The Bertz CT molecular complexity index is 510. The van der Waals surface area contributed by atoms with Crippen LogP contribution >= 0.6 is 0 Å². The molecule has 1 aromatic carbocycles. The maximum Gasteiger partial charge on any atom is 0.257 e. The number of amides is 1. The molecule has 1 amide bonds. The first-order valence-electron chi connectivity index (χ1n) is 8.38. The zero-order valence-corrected chi connectivity index (χ0v) is 15.6. The Morgan fingerprint density at radius 1 is 1.08 bits per heavy atom. The van der Waals surface area contributed by atoms with E-state index in [1.807, 2.05) is 31.2 Å². The van der Waals surface area contributed by atoms with E-state index in [0.717, 1.165) is 5.56 Å². The van der Waals surface area contributed by atoms with Gasteiger partial charge in [0.25, 0.3) is 5.91 Å². The van der Waals surface area contributed by atoms with Gasteiger partial charge in [0.15, 0.2) is 6.61 Å². The van der Waals surface area contributed by atoms with Crippen LogP contribution in [0.2, 0.25) is 0 Å². The quantitative estimate of drug-likeness (QED) is 0.688. The first-order valence-corrected chi connectivity index (χ1v) is 8.38. The topological polar surface area (TPSA) is 73.6 Å². The molecule has 0 unspecified atom stereocenters. The number of hydrogen-bond donors (Lipinski definition) is 2. The molecule has 0 aliphatic heterocycles. The van der Waals surface area contributed by atoms with Crippen LogP contribution in [0.3, 0.4) is 0 Å². The van der Waals surface area contributed by atoms with Crippen LogP contribution in [0.4, 0.5) is 0 Å². The first-order chi connectivity index (χ1) is 11.1. The molecule has 0 saturated heterocycles. The minimum atomic E-state index is -0.149. The highest BCUT2D eigenvalue weighted by atomic mass is 16.5. The zero-order valence-electron chi connectivity index (χ0n) is 15.6. The number of carbonyl (C=O) groups excluding carboxylic acids is 1. The van der Waals surface area contributed by atoms with E-state index in [1.54, 1.807) is 0 Å². The van der Waals surface area contributed by atoms with Crippen LogP contribution in [-0.2, 0) is 9.53 Å². The van der Waals surface area contributed by atoms with Gasteiger partial charge in [-0.2, -0.15) is 0 Å². The van der Waals surface area contributed by atoms with E-state index in [9.17, 15) is 4.79 Å². The molecule has 0 bridgehead atoms. The Kier molecular flexibility index (Phi) is 7.70. The van der Waals surface area contributed by atoms with Crippen molar-refractivity contribution in [1.82, 2.24) is 5.32 Å². The van der Waals surface area contributed by atoms with Crippen LogP contribution in [0.15, 0.2) is 24.3 Å². The molecule has 0 aliphatic rings. The number of nitrogens with two attached hydrogens (primary N) is 1. The molecular formula is C19H32N2O3. The number of hydrogen-bond acceptors (Lipinski definition) is 4. The van der Waals surface area contributed by atoms with Crippen molar-refractivity contribution in [1.29, 1.82) is 0 Å². The molecule has 0 aromatic heterocycles. The molecule has 0 radical (unpaired) electrons. The van der Waals surface area contributed by atoms with Gasteiger partial charge >= 0.3 is 0 Å². The third-order valence-corrected chi connectivity index (χ3v) is 3.69. The van der Waals surface area contributed by atoms with E-state index in [0.29, 0.717) is 32.1 Å². The number of nitrogens with one attached hydrogen (secondary N) is 1. The third kappa shape index (κ3) is 8.31. The SMILES string of the molecule is Cc1ccc(OCC(=O)NCC(C)(C)COCC(C)(C)CN)cc1. The summed E-state index contributed by atoms with van der Waals surface area (Å²) in [6.07, 6.45) is 0. The lowest BCUT2D eigenvalue weighted by atomic mass is 9.93. The number of carbonyl (C=O) groups is 1. The van der Waals surface area contributed by atoms with Crippen LogP contribution in [0.25, 0.3) is 0 Å². The second-order valence-corrected chi connectivity index (χ2v) is 7.90. The molecule has 5 nitrogen and oxygen atoms in total. The Morgan fingerprint density at radius 3 is 2.25 bits per heavy atom. The van der Waals surface area contributed by atoms with Crippen molar-refractivity contribution < 1.29 is 14.3 Å². The van der Waals surface area contributed by atoms with Crippen LogP contribution in [0.1, 0.15) is 33.3 Å². The van der Waals surface area contributed by atoms with Crippen LogP contribution in [0.5, 0.6) is 5.75 Å². The van der Waals surface area contributed by atoms with Crippen molar-refractivity contribution in [2.45, 2.75) is 34.6 Å². The van der Waals surface area contributed by atoms with Gasteiger partial charge in [-0.1, -0.05) is 45.4 Å². The summed E-state index contributed by atoms with van der Waals surface area (Å²) in [5.74, 6) is 0.563. The van der Waals surface area contributed by atoms with Crippen LogP contribution in [-0.4, -0.2) is 38.8 Å². The number of aryl methyl sites for hydroxylation is 1. The monoisotopic (exact) mass is 336 g/mol. The highest BCUT2D eigenvalue weighted by Crippen LogP contribution is 2.18. The lowest BCUT2D eigenvalue weighted by molar-refractivity contribution is -0.123. The van der Waals surface area contributed by atoms with Gasteiger partial charge in [-0.3, -0.25) is 4.79 Å². The highest BCUT2D eigenvalue weighted by molar-refractivity contribution is 5.77. The number of ether oxygens (including phenoxy) is 2. The van der Waals surface area contributed by atoms with Gasteiger partial charge in [-0.25, -0.2) is 0 Å². The second-order valence-electron chi connectivity index (χ2n) is 7.90. The fourth-order valence-electron chi connectivity index (χ4n) is 1.89. The van der Waals surface area contributed by atoms with Gasteiger partial charge in [0, 0.05) is 17.4 Å². The van der Waals surface area contributed by atoms with E-state index >= 15 is 0 Å². The molecule has 0 saturated carbocycles. The van der Waals surface area contributed by atoms with Crippen molar-refractivity contribution in [2.24, 2.45) is 16.6 Å². The smallest absolute Gasteiger partial charge is 0.257 e. The molecule has 1 rings (SSSR count). The van der Waals surface area contributed by atoms with Gasteiger partial charge in [0.1, 0.15) is 5.75 Å². The second kappa shape index (κ2) is 9.04. The molecule has 0 fully saturated rings. The van der Waals surface area contributed by atoms with E-state index in [-0.39, 0.29) is 23.3 Å². The minimum absolute atomic E-state index is 0.0141. The normalized spacial score (nSPS) is 12.1. The predicted octanol–water partition coefficient (Wildman–Crippen LogP) is 2.52. The lowest BCUT2D eigenvalue weighted by Gasteiger charge is -2.28. The van der Waals surface area contributed by atoms with Crippen molar-refractivity contribution in [3.05, 3.63) is 29.8 Å². The summed E-state index contributed by atoms with van der Waals surface area (Å²) < 4.78 is 11.2. The third-order valence-electron chi connectivity index (χ3n) is 3.69. The molecule has 3 N–H and O–H groups in total. The summed E-state index contributed by atoms with van der Waals surface area (Å²) in [6, 6.07) is 7.63. The standard InChI is InChI=1S/C19H32N2O3/c1-15-6-8-16(9-7-15)24-10-17(22)21-12-19(4,5)14-23-13-18(2,3)11-20/h6-9H,10-14,20H2,1-5H3,(H,21,22). The molecule has 24 heavy (non-hydrogen) atoms. The summed E-state index contributed by atoms with van der Waals surface area (Å²) in [6.45, 7) is 12.6. The van der Waals surface area contributed by atoms with Crippen LogP contribution in [0, 0.1) is 17.8 Å². The van der Waals surface area contributed by atoms with Crippen molar-refractivity contribution in [2.75, 3.05) is 32.9 Å². The van der Waals surface area contributed by atoms with Gasteiger partial charge in [0.2, 0.25) is 0 Å². The largest absolute Gasteiger partial charge is 0.484 e. The summed E-state index contributed by atoms with van der Waals surface area (Å²) in [5.41, 5.74) is 6.68. The zero-order chi connectivity index (χ0) is 18.2. The molecule has 0 atom stereocenters. The van der Waals surface area contributed by atoms with Gasteiger partial charge in [-0.15, -0.1) is 0 Å². The van der Waals surface area contributed by atoms with Gasteiger partial charge in [0.05, 0.1) is 13.2 Å². The highest BCUT2D eigenvalue weighted by Gasteiger charge is 2.22. The van der Waals surface area contributed by atoms with E-state index in [1.165, 1.54) is 0 Å². The Hall–Kier alpha value is -1.59. The number of rotatable bonds is 10. The van der Waals surface area contributed by atoms with Gasteiger partial charge < -0.3 is 20.5 Å². The maximum absolute atomic E-state index is 11.9. The molecule has 1 aromatic rings. The Labute approximate surface area is 145 Å². The minimum Gasteiger partial charge on any atom is -0.484 e. The summed E-state index contributed by atoms with van der Waals surface area (Å²) >= 11 is 0. The van der Waals surface area contributed by atoms with E-state index < -0.39 is 0 Å². The predicted molar refractivity (Wildman–Crippen MR) is 97.1 cm³/mol. The lowest BCUT2D eigenvalue weighted by Crippen LogP contribution is -2.40. The fourth-order valence-corrected chi connectivity index (χ4v) is 1.89. The fraction of sp³-hybridized carbons (Fsp3) is 0.632. The Morgan fingerprint density at radius 2 is 1.67 bits per heavy atom. The average molecular weight is 336 g/mol. The summed E-state index contributed by atoms with van der Waals surface area (Å²) in [5, 5.41) is 2.90. The molecule has 5 heteroatoms. The van der Waals surface area contributed by atoms with Crippen LogP contribution < -0.4 is 15.8 Å². The van der Waals surface area contributed by atoms with E-state index in [2.05, 4.69) is 33.0 Å². The van der Waals surface area contributed by atoms with Gasteiger partial charge in [-0.05, 0) is 25.6 Å². The van der Waals surface area contributed by atoms with E-state index in [4.69, 9.17) is 15.2 Å². The Balaban J connectivity index is 2.27.